The van der Waals surface area contributed by atoms with E-state index in [-0.39, 0.29) is 11.9 Å². The van der Waals surface area contributed by atoms with Gasteiger partial charge in [-0.2, -0.15) is 0 Å². The van der Waals surface area contributed by atoms with Gasteiger partial charge in [0.1, 0.15) is 5.15 Å². The predicted molar refractivity (Wildman–Crippen MR) is 70.8 cm³/mol. The molecule has 3 rings (SSSR count). The number of imidazole rings is 1. The first kappa shape index (κ1) is 12.1. The highest BCUT2D eigenvalue weighted by Gasteiger charge is 2.25. The zero-order chi connectivity index (χ0) is 13.2. The summed E-state index contributed by atoms with van der Waals surface area (Å²) >= 11 is 5.77. The molecular formula is C12H12ClN5O. The van der Waals surface area contributed by atoms with Crippen LogP contribution in [0.25, 0.3) is 0 Å². The number of hydrogen-bond donors (Lipinski definition) is 3. The van der Waals surface area contributed by atoms with Gasteiger partial charge in [0.2, 0.25) is 5.91 Å². The molecule has 3 heterocycles. The summed E-state index contributed by atoms with van der Waals surface area (Å²) < 4.78 is 0. The Hall–Kier alpha value is -1.92. The number of nitrogens with one attached hydrogen (secondary N) is 3. The van der Waals surface area contributed by atoms with Crippen LogP contribution in [0.15, 0.2) is 24.7 Å². The molecule has 0 fully saturated rings. The molecule has 0 saturated carbocycles. The number of nitrogens with zero attached hydrogens (tertiary/aromatic N) is 2. The van der Waals surface area contributed by atoms with Crippen molar-refractivity contribution in [2.75, 3.05) is 5.32 Å². The topological polar surface area (TPSA) is 82.7 Å². The van der Waals surface area contributed by atoms with Crippen molar-refractivity contribution >= 4 is 23.2 Å². The first-order valence-electron chi connectivity index (χ1n) is 5.89. The third kappa shape index (κ3) is 2.59. The van der Waals surface area contributed by atoms with E-state index >= 15 is 0 Å². The molecule has 0 aliphatic carbocycles. The van der Waals surface area contributed by atoms with Gasteiger partial charge in [-0.1, -0.05) is 11.6 Å². The molecule has 0 saturated heterocycles. The fourth-order valence-corrected chi connectivity index (χ4v) is 2.24. The van der Waals surface area contributed by atoms with Crippen LogP contribution in [0.1, 0.15) is 11.4 Å². The van der Waals surface area contributed by atoms with E-state index in [1.807, 2.05) is 0 Å². The summed E-state index contributed by atoms with van der Waals surface area (Å²) in [5.41, 5.74) is 2.61. The number of fused-ring (bicyclic) bond motifs is 1. The Morgan fingerprint density at radius 3 is 3.21 bits per heavy atom. The molecule has 98 valence electrons. The van der Waals surface area contributed by atoms with E-state index in [4.69, 9.17) is 11.6 Å². The number of anilines is 1. The quantitative estimate of drug-likeness (QED) is 0.718. The van der Waals surface area contributed by atoms with Gasteiger partial charge in [0.05, 0.1) is 23.8 Å². The Kier molecular flexibility index (Phi) is 3.18. The van der Waals surface area contributed by atoms with Gasteiger partial charge in [0.15, 0.2) is 0 Å². The minimum Gasteiger partial charge on any atom is -0.347 e. The lowest BCUT2D eigenvalue weighted by atomic mass is 10.0. The maximum absolute atomic E-state index is 12.1. The Morgan fingerprint density at radius 2 is 2.37 bits per heavy atom. The molecule has 1 aliphatic heterocycles. The molecule has 0 bridgehead atoms. The lowest BCUT2D eigenvalue weighted by Gasteiger charge is -2.22. The molecule has 19 heavy (non-hydrogen) atoms. The molecule has 0 aromatic carbocycles. The molecule has 1 amide bonds. The summed E-state index contributed by atoms with van der Waals surface area (Å²) in [6.07, 6.45) is 3.77. The van der Waals surface area contributed by atoms with Crippen molar-refractivity contribution in [2.24, 2.45) is 0 Å². The predicted octanol–water partition coefficient (Wildman–Crippen LogP) is 1.11. The summed E-state index contributed by atoms with van der Waals surface area (Å²) in [5.74, 6) is -0.101. The largest absolute Gasteiger partial charge is 0.347 e. The minimum atomic E-state index is -0.289. The molecule has 6 nitrogen and oxygen atoms in total. The molecule has 1 atom stereocenters. The summed E-state index contributed by atoms with van der Waals surface area (Å²) in [4.78, 5) is 23.2. The van der Waals surface area contributed by atoms with E-state index in [2.05, 4.69) is 25.6 Å². The molecule has 1 aliphatic rings. The third-order valence-electron chi connectivity index (χ3n) is 3.04. The van der Waals surface area contributed by atoms with Crippen molar-refractivity contribution < 1.29 is 4.79 Å². The number of rotatable bonds is 2. The average Bonchev–Trinajstić information content (AvgIpc) is 2.85. The fraction of sp³-hybridized carbons (Fsp3) is 0.250. The van der Waals surface area contributed by atoms with Crippen molar-refractivity contribution in [3.05, 3.63) is 41.2 Å². The maximum Gasteiger partial charge on any atom is 0.241 e. The second-order valence-corrected chi connectivity index (χ2v) is 4.71. The molecule has 0 radical (unpaired) electrons. The number of aromatic amines is 1. The van der Waals surface area contributed by atoms with Crippen LogP contribution in [0.4, 0.5) is 5.69 Å². The average molecular weight is 278 g/mol. The molecule has 2 aromatic heterocycles. The zero-order valence-corrected chi connectivity index (χ0v) is 10.7. The number of hydrogen-bond acceptors (Lipinski definition) is 4. The Labute approximate surface area is 114 Å². The van der Waals surface area contributed by atoms with E-state index < -0.39 is 0 Å². The highest BCUT2D eigenvalue weighted by Crippen LogP contribution is 2.15. The van der Waals surface area contributed by atoms with Gasteiger partial charge in [-0.05, 0) is 12.1 Å². The van der Waals surface area contributed by atoms with Crippen LogP contribution in [0.3, 0.4) is 0 Å². The van der Waals surface area contributed by atoms with E-state index in [1.54, 1.807) is 24.7 Å². The van der Waals surface area contributed by atoms with Gasteiger partial charge >= 0.3 is 0 Å². The van der Waals surface area contributed by atoms with Crippen LogP contribution in [0.5, 0.6) is 0 Å². The fourth-order valence-electron chi connectivity index (χ4n) is 2.06. The van der Waals surface area contributed by atoms with Gasteiger partial charge in [0.25, 0.3) is 0 Å². The summed E-state index contributed by atoms with van der Waals surface area (Å²) in [6.45, 7) is 0.616. The van der Waals surface area contributed by atoms with E-state index in [0.29, 0.717) is 23.8 Å². The standard InChI is InChI=1S/C12H12ClN5O/c13-11-3-7(1-2-14-11)18-12(19)9-4-8-10(5-15-9)17-6-16-8/h1-3,6,9,15H,4-5H2,(H,16,17)(H,14,18,19). The molecule has 1 unspecified atom stereocenters. The smallest absolute Gasteiger partial charge is 0.241 e. The monoisotopic (exact) mass is 277 g/mol. The minimum absolute atomic E-state index is 0.101. The zero-order valence-electron chi connectivity index (χ0n) is 9.98. The van der Waals surface area contributed by atoms with E-state index in [9.17, 15) is 4.79 Å². The molecule has 0 spiro atoms. The van der Waals surface area contributed by atoms with Crippen molar-refractivity contribution in [1.29, 1.82) is 0 Å². The third-order valence-corrected chi connectivity index (χ3v) is 3.25. The molecule has 2 aromatic rings. The van der Waals surface area contributed by atoms with Gasteiger partial charge in [-0.25, -0.2) is 9.97 Å². The van der Waals surface area contributed by atoms with Crippen molar-refractivity contribution in [3.8, 4) is 0 Å². The van der Waals surface area contributed by atoms with Crippen LogP contribution in [-0.2, 0) is 17.8 Å². The van der Waals surface area contributed by atoms with Gasteiger partial charge < -0.3 is 10.3 Å². The molecular weight excluding hydrogens is 266 g/mol. The normalized spacial score (nSPS) is 17.8. The summed E-state index contributed by atoms with van der Waals surface area (Å²) in [7, 11) is 0. The van der Waals surface area contributed by atoms with Gasteiger partial charge in [0, 0.05) is 24.8 Å². The van der Waals surface area contributed by atoms with Crippen LogP contribution in [0, 0.1) is 0 Å². The highest BCUT2D eigenvalue weighted by atomic mass is 35.5. The number of aromatic nitrogens is 3. The molecule has 7 heteroatoms. The Balaban J connectivity index is 1.69. The van der Waals surface area contributed by atoms with Crippen molar-refractivity contribution in [3.63, 3.8) is 0 Å². The van der Waals surface area contributed by atoms with Gasteiger partial charge in [-0.3, -0.25) is 10.1 Å². The van der Waals surface area contributed by atoms with Crippen molar-refractivity contribution in [1.82, 2.24) is 20.3 Å². The number of H-pyrrole nitrogens is 1. The lowest BCUT2D eigenvalue weighted by molar-refractivity contribution is -0.118. The van der Waals surface area contributed by atoms with Crippen LogP contribution >= 0.6 is 11.6 Å². The van der Waals surface area contributed by atoms with Crippen LogP contribution < -0.4 is 10.6 Å². The number of pyridine rings is 1. The Morgan fingerprint density at radius 1 is 1.47 bits per heavy atom. The maximum atomic E-state index is 12.1. The second kappa shape index (κ2) is 4.99. The number of carbonyl (C=O) groups excluding carboxylic acids is 1. The van der Waals surface area contributed by atoms with E-state index in [0.717, 1.165) is 11.4 Å². The summed E-state index contributed by atoms with van der Waals surface area (Å²) in [6, 6.07) is 3.03. The Bertz CT molecular complexity index is 612. The summed E-state index contributed by atoms with van der Waals surface area (Å²) in [5, 5.41) is 6.33. The number of amides is 1. The highest BCUT2D eigenvalue weighted by molar-refractivity contribution is 6.29. The first-order valence-corrected chi connectivity index (χ1v) is 6.27. The van der Waals surface area contributed by atoms with Gasteiger partial charge in [-0.15, -0.1) is 0 Å². The second-order valence-electron chi connectivity index (χ2n) is 4.32. The number of carbonyl (C=O) groups is 1. The SMILES string of the molecule is O=C(Nc1ccnc(Cl)c1)C1Cc2nc[nH]c2CN1. The van der Waals surface area contributed by atoms with Crippen molar-refractivity contribution in [2.45, 2.75) is 19.0 Å². The molecule has 3 N–H and O–H groups in total. The lowest BCUT2D eigenvalue weighted by Crippen LogP contribution is -2.44. The van der Waals surface area contributed by atoms with Crippen LogP contribution in [0.2, 0.25) is 5.15 Å². The first-order chi connectivity index (χ1) is 9.22. The van der Waals surface area contributed by atoms with Crippen LogP contribution in [-0.4, -0.2) is 26.9 Å². The van der Waals surface area contributed by atoms with E-state index in [1.165, 1.54) is 0 Å². The number of halogens is 1.